The van der Waals surface area contributed by atoms with Gasteiger partial charge < -0.3 is 4.40 Å². The van der Waals surface area contributed by atoms with Gasteiger partial charge in [-0.15, -0.1) is 0 Å². The summed E-state index contributed by atoms with van der Waals surface area (Å²) in [6, 6.07) is 56.8. The molecule has 4 heteroatoms. The highest BCUT2D eigenvalue weighted by Gasteiger charge is 2.25. The van der Waals surface area contributed by atoms with Gasteiger partial charge in [0.25, 0.3) is 0 Å². The maximum Gasteiger partial charge on any atom is 0.165 e. The van der Waals surface area contributed by atoms with Crippen LogP contribution in [-0.2, 0) is 0 Å². The normalized spacial score (nSPS) is 12.4. The summed E-state index contributed by atoms with van der Waals surface area (Å²) in [7, 11) is 0. The fourth-order valence-corrected chi connectivity index (χ4v) is 8.76. The van der Waals surface area contributed by atoms with E-state index in [1.807, 2.05) is 0 Å². The van der Waals surface area contributed by atoms with Crippen LogP contribution in [0.1, 0.15) is 0 Å². The van der Waals surface area contributed by atoms with Crippen molar-refractivity contribution in [1.29, 1.82) is 0 Å². The molecule has 0 aliphatic carbocycles. The fraction of sp³-hybridized carbons (Fsp3) is 0. The molecule has 12 aromatic rings. The van der Waals surface area contributed by atoms with Crippen LogP contribution in [0.15, 0.2) is 158 Å². The second-order valence-corrected chi connectivity index (χ2v) is 13.3. The summed E-state index contributed by atoms with van der Waals surface area (Å²) in [5.41, 5.74) is 9.57. The van der Waals surface area contributed by atoms with Gasteiger partial charge in [-0.25, -0.2) is 9.97 Å². The first-order valence-electron chi connectivity index (χ1n) is 17.1. The molecular weight excluding hydrogens is 609 g/mol. The van der Waals surface area contributed by atoms with Gasteiger partial charge in [0.2, 0.25) is 0 Å². The molecular formula is C46H26N4. The van der Waals surface area contributed by atoms with Crippen LogP contribution in [0.5, 0.6) is 0 Å². The Morgan fingerprint density at radius 3 is 1.88 bits per heavy atom. The van der Waals surface area contributed by atoms with Gasteiger partial charge in [-0.1, -0.05) is 127 Å². The van der Waals surface area contributed by atoms with E-state index >= 15 is 0 Å². The summed E-state index contributed by atoms with van der Waals surface area (Å²) in [6.45, 7) is 0. The van der Waals surface area contributed by atoms with Crippen LogP contribution < -0.4 is 0 Å². The van der Waals surface area contributed by atoms with Crippen molar-refractivity contribution in [2.75, 3.05) is 0 Å². The Morgan fingerprint density at radius 2 is 1.00 bits per heavy atom. The largest absolute Gasteiger partial charge is 0.308 e. The minimum Gasteiger partial charge on any atom is -0.308 e. The Hall–Kier alpha value is -6.78. The molecule has 0 aliphatic rings. The summed E-state index contributed by atoms with van der Waals surface area (Å²) in [5, 5.41) is 12.3. The van der Waals surface area contributed by atoms with Crippen LogP contribution in [-0.4, -0.2) is 18.9 Å². The predicted molar refractivity (Wildman–Crippen MR) is 209 cm³/mol. The van der Waals surface area contributed by atoms with E-state index in [1.165, 1.54) is 59.6 Å². The Labute approximate surface area is 285 Å². The molecule has 0 atom stereocenters. The molecule has 4 aromatic heterocycles. The first kappa shape index (κ1) is 26.2. The van der Waals surface area contributed by atoms with Crippen LogP contribution in [0.4, 0.5) is 0 Å². The van der Waals surface area contributed by atoms with Gasteiger partial charge in [0.05, 0.1) is 38.6 Å². The van der Waals surface area contributed by atoms with E-state index < -0.39 is 0 Å². The van der Waals surface area contributed by atoms with Crippen LogP contribution in [0.25, 0.3) is 110 Å². The third kappa shape index (κ3) is 3.25. The monoisotopic (exact) mass is 634 g/mol. The summed E-state index contributed by atoms with van der Waals surface area (Å²) < 4.78 is 4.86. The molecule has 0 saturated heterocycles. The number of hydrogen-bond acceptors (Lipinski definition) is 2. The first-order valence-corrected chi connectivity index (χ1v) is 17.1. The molecule has 0 radical (unpaired) electrons. The maximum atomic E-state index is 5.50. The van der Waals surface area contributed by atoms with Crippen molar-refractivity contribution in [1.82, 2.24) is 18.9 Å². The Bertz CT molecular complexity index is 3370. The third-order valence-corrected chi connectivity index (χ3v) is 10.8. The molecule has 4 heterocycles. The number of hydrogen-bond donors (Lipinski definition) is 0. The highest BCUT2D eigenvalue weighted by atomic mass is 15.1. The van der Waals surface area contributed by atoms with E-state index in [0.717, 1.165) is 49.9 Å². The van der Waals surface area contributed by atoms with Gasteiger partial charge >= 0.3 is 0 Å². The zero-order chi connectivity index (χ0) is 32.5. The second kappa shape index (κ2) is 9.43. The number of benzene rings is 8. The van der Waals surface area contributed by atoms with E-state index in [4.69, 9.17) is 9.97 Å². The molecule has 230 valence electrons. The van der Waals surface area contributed by atoms with Crippen molar-refractivity contribution in [3.63, 3.8) is 0 Å². The first-order chi connectivity index (χ1) is 24.8. The van der Waals surface area contributed by atoms with Crippen molar-refractivity contribution in [3.8, 4) is 17.1 Å². The molecule has 0 amide bonds. The van der Waals surface area contributed by atoms with Crippen LogP contribution in [0.3, 0.4) is 0 Å². The maximum absolute atomic E-state index is 5.50. The van der Waals surface area contributed by atoms with Gasteiger partial charge in [0, 0.05) is 37.9 Å². The van der Waals surface area contributed by atoms with Crippen molar-refractivity contribution in [2.45, 2.75) is 0 Å². The van der Waals surface area contributed by atoms with Crippen LogP contribution in [0, 0.1) is 0 Å². The van der Waals surface area contributed by atoms with E-state index in [9.17, 15) is 0 Å². The van der Waals surface area contributed by atoms with E-state index in [1.54, 1.807) is 0 Å². The summed E-state index contributed by atoms with van der Waals surface area (Å²) in [4.78, 5) is 11.0. The zero-order valence-electron chi connectivity index (χ0n) is 26.8. The zero-order valence-corrected chi connectivity index (χ0v) is 26.8. The van der Waals surface area contributed by atoms with Crippen LogP contribution >= 0.6 is 0 Å². The lowest BCUT2D eigenvalue weighted by Crippen LogP contribution is -2.04. The topological polar surface area (TPSA) is 35.1 Å². The molecule has 0 unspecified atom stereocenters. The number of fused-ring (bicyclic) bond motifs is 10. The van der Waals surface area contributed by atoms with E-state index in [0.29, 0.717) is 0 Å². The lowest BCUT2D eigenvalue weighted by Gasteiger charge is -2.15. The van der Waals surface area contributed by atoms with Gasteiger partial charge in [-0.05, 0) is 51.9 Å². The third-order valence-electron chi connectivity index (χ3n) is 10.8. The van der Waals surface area contributed by atoms with Crippen LogP contribution in [0.2, 0.25) is 0 Å². The summed E-state index contributed by atoms with van der Waals surface area (Å²) in [6.07, 6.45) is 0. The molecule has 50 heavy (non-hydrogen) atoms. The fourth-order valence-electron chi connectivity index (χ4n) is 8.76. The van der Waals surface area contributed by atoms with Gasteiger partial charge in [-0.3, -0.25) is 4.57 Å². The van der Waals surface area contributed by atoms with Crippen molar-refractivity contribution >= 4 is 92.5 Å². The molecule has 0 fully saturated rings. The molecule has 12 rings (SSSR count). The predicted octanol–water partition coefficient (Wildman–Crippen LogP) is 11.9. The minimum absolute atomic E-state index is 0.829. The molecule has 4 nitrogen and oxygen atoms in total. The molecule has 0 spiro atoms. The van der Waals surface area contributed by atoms with Crippen molar-refractivity contribution < 1.29 is 0 Å². The van der Waals surface area contributed by atoms with Gasteiger partial charge in [-0.2, -0.15) is 0 Å². The van der Waals surface area contributed by atoms with Gasteiger partial charge in [0.1, 0.15) is 5.69 Å². The molecule has 0 aliphatic heterocycles. The average Bonchev–Trinajstić information content (AvgIpc) is 3.67. The molecule has 0 bridgehead atoms. The standard InChI is InChI=1S/C46H26N4/c1-2-13-29(14-3-1)43-46(47-35-25-23-28-12-5-7-16-31(28)44(35)48-43)50-36-20-9-17-32-33-18-8-19-34-40-30-15-6-4-11-27(30)24-26-39(40)49(45(33)34)37-21-10-22-38(50)42(37)41(32)36/h1-26H. The summed E-state index contributed by atoms with van der Waals surface area (Å²) >= 11 is 0. The molecule has 0 saturated carbocycles. The highest BCUT2D eigenvalue weighted by molar-refractivity contribution is 6.33. The van der Waals surface area contributed by atoms with Gasteiger partial charge in [0.15, 0.2) is 5.82 Å². The lowest BCUT2D eigenvalue weighted by atomic mass is 10.0. The SMILES string of the molecule is c1ccc(-c2nc3c(ccc4ccccc43)nc2-n2c3cccc4c5cccc6c7c8ccccc8ccc7n(c7cccc2c7c43)c56)cc1. The smallest absolute Gasteiger partial charge is 0.165 e. The second-order valence-electron chi connectivity index (χ2n) is 13.3. The Balaban J connectivity index is 1.31. The highest BCUT2D eigenvalue weighted by Crippen LogP contribution is 2.46. The molecule has 8 aromatic carbocycles. The van der Waals surface area contributed by atoms with Crippen molar-refractivity contribution in [3.05, 3.63) is 158 Å². The number of para-hydroxylation sites is 1. The number of aromatic nitrogens is 4. The number of rotatable bonds is 2. The minimum atomic E-state index is 0.829. The Morgan fingerprint density at radius 1 is 0.380 bits per heavy atom. The average molecular weight is 635 g/mol. The quantitative estimate of drug-likeness (QED) is 0.177. The van der Waals surface area contributed by atoms with E-state index in [2.05, 4.69) is 167 Å². The van der Waals surface area contributed by atoms with E-state index in [-0.39, 0.29) is 0 Å². The number of nitrogens with zero attached hydrogens (tertiary/aromatic N) is 4. The summed E-state index contributed by atoms with van der Waals surface area (Å²) in [5.74, 6) is 0.829. The molecule has 0 N–H and O–H groups in total. The Kier molecular flexibility index (Phi) is 4.94. The lowest BCUT2D eigenvalue weighted by molar-refractivity contribution is 1.08. The van der Waals surface area contributed by atoms with Crippen molar-refractivity contribution in [2.24, 2.45) is 0 Å².